The predicted molar refractivity (Wildman–Crippen MR) is 122 cm³/mol. The Labute approximate surface area is 191 Å². The van der Waals surface area contributed by atoms with Gasteiger partial charge in [-0.05, 0) is 38.8 Å². The Balaban J connectivity index is 2.00. The van der Waals surface area contributed by atoms with Crippen molar-refractivity contribution in [3.8, 4) is 0 Å². The van der Waals surface area contributed by atoms with Crippen molar-refractivity contribution in [1.29, 1.82) is 0 Å². The standard InChI is InChI=1S/C23H37O8P/c1-3-29-32(27,30-4-2)19-15-11-9-7-5-6-8-10-14-18-28-31-23(26)21-17-13-12-16-20(21)22(24)25/h12-13,16-17H,3-11,14-15,18-19H2,1-2H3,(H,24,25). The molecule has 1 aromatic carbocycles. The van der Waals surface area contributed by atoms with E-state index in [1.165, 1.54) is 12.1 Å². The van der Waals surface area contributed by atoms with E-state index in [1.54, 1.807) is 12.1 Å². The number of carboxylic acid groups (broad SMARTS) is 1. The Morgan fingerprint density at radius 3 is 1.84 bits per heavy atom. The Bertz CT molecular complexity index is 712. The molecule has 0 unspecified atom stereocenters. The first-order valence-corrected chi connectivity index (χ1v) is 13.2. The molecule has 0 heterocycles. The third kappa shape index (κ3) is 11.8. The molecule has 0 aliphatic heterocycles. The summed E-state index contributed by atoms with van der Waals surface area (Å²) in [4.78, 5) is 32.7. The molecule has 0 aromatic heterocycles. The van der Waals surface area contributed by atoms with Crippen LogP contribution < -0.4 is 0 Å². The summed E-state index contributed by atoms with van der Waals surface area (Å²) >= 11 is 0. The van der Waals surface area contributed by atoms with Crippen molar-refractivity contribution in [3.63, 3.8) is 0 Å². The summed E-state index contributed by atoms with van der Waals surface area (Å²) < 4.78 is 22.9. The van der Waals surface area contributed by atoms with Gasteiger partial charge in [-0.3, -0.25) is 9.45 Å². The van der Waals surface area contributed by atoms with Crippen LogP contribution in [0.4, 0.5) is 0 Å². The van der Waals surface area contributed by atoms with Gasteiger partial charge in [-0.15, -0.1) is 0 Å². The number of hydrogen-bond donors (Lipinski definition) is 1. The maximum Gasteiger partial charge on any atom is 0.373 e. The molecule has 1 N–H and O–H groups in total. The topological polar surface area (TPSA) is 108 Å². The summed E-state index contributed by atoms with van der Waals surface area (Å²) in [5, 5.41) is 9.09. The molecule has 0 aliphatic rings. The van der Waals surface area contributed by atoms with Gasteiger partial charge in [0, 0.05) is 0 Å². The molecule has 0 saturated carbocycles. The zero-order valence-electron chi connectivity index (χ0n) is 19.3. The number of carbonyl (C=O) groups is 2. The maximum absolute atomic E-state index is 12.3. The molecule has 0 atom stereocenters. The van der Waals surface area contributed by atoms with E-state index in [0.717, 1.165) is 57.8 Å². The largest absolute Gasteiger partial charge is 0.478 e. The SMILES string of the molecule is CCOP(=O)(CCCCCCCCCCCOOC(=O)c1ccccc1C(=O)O)OCC. The van der Waals surface area contributed by atoms with Gasteiger partial charge in [0.2, 0.25) is 0 Å². The van der Waals surface area contributed by atoms with Crippen LogP contribution in [0.1, 0.15) is 92.4 Å². The lowest BCUT2D eigenvalue weighted by Gasteiger charge is -2.16. The maximum atomic E-state index is 12.3. The molecular formula is C23H37O8P. The lowest BCUT2D eigenvalue weighted by molar-refractivity contribution is -0.241. The Morgan fingerprint density at radius 1 is 0.812 bits per heavy atom. The second kappa shape index (κ2) is 16.8. The van der Waals surface area contributed by atoms with Crippen LogP contribution in [0.15, 0.2) is 24.3 Å². The summed E-state index contributed by atoms with van der Waals surface area (Å²) in [5.74, 6) is -1.99. The van der Waals surface area contributed by atoms with Crippen molar-refractivity contribution < 1.29 is 38.1 Å². The summed E-state index contributed by atoms with van der Waals surface area (Å²) in [5.41, 5.74) is -0.141. The number of unbranched alkanes of at least 4 members (excludes halogenated alkanes) is 8. The van der Waals surface area contributed by atoms with Gasteiger partial charge in [0.25, 0.3) is 0 Å². The highest BCUT2D eigenvalue weighted by molar-refractivity contribution is 7.53. The molecular weight excluding hydrogens is 435 g/mol. The average molecular weight is 473 g/mol. The van der Waals surface area contributed by atoms with Gasteiger partial charge < -0.3 is 14.2 Å². The Kier molecular flexibility index (Phi) is 14.9. The van der Waals surface area contributed by atoms with Crippen molar-refractivity contribution in [3.05, 3.63) is 35.4 Å². The van der Waals surface area contributed by atoms with Crippen LogP contribution in [0.25, 0.3) is 0 Å². The van der Waals surface area contributed by atoms with Crippen molar-refractivity contribution in [2.24, 2.45) is 0 Å². The summed E-state index contributed by atoms with van der Waals surface area (Å²) in [6, 6.07) is 5.86. The lowest BCUT2D eigenvalue weighted by atomic mass is 10.1. The van der Waals surface area contributed by atoms with Gasteiger partial charge in [-0.25, -0.2) is 9.59 Å². The van der Waals surface area contributed by atoms with Gasteiger partial charge in [0.15, 0.2) is 0 Å². The normalized spacial score (nSPS) is 11.4. The highest BCUT2D eigenvalue weighted by Gasteiger charge is 2.22. The summed E-state index contributed by atoms with van der Waals surface area (Å²) in [7, 11) is -2.90. The van der Waals surface area contributed by atoms with E-state index in [2.05, 4.69) is 0 Å². The van der Waals surface area contributed by atoms with Gasteiger partial charge in [0.05, 0.1) is 37.1 Å². The minimum Gasteiger partial charge on any atom is -0.478 e. The average Bonchev–Trinajstić information content (AvgIpc) is 2.77. The first-order valence-electron chi connectivity index (χ1n) is 11.5. The molecule has 1 aromatic rings. The van der Waals surface area contributed by atoms with Gasteiger partial charge in [-0.2, -0.15) is 4.89 Å². The number of carboxylic acids is 1. The highest BCUT2D eigenvalue weighted by atomic mass is 31.2. The van der Waals surface area contributed by atoms with Gasteiger partial charge >= 0.3 is 19.5 Å². The quantitative estimate of drug-likeness (QED) is 0.109. The van der Waals surface area contributed by atoms with Crippen molar-refractivity contribution in [2.75, 3.05) is 26.0 Å². The molecule has 0 radical (unpaired) electrons. The van der Waals surface area contributed by atoms with E-state index < -0.39 is 19.5 Å². The molecule has 0 amide bonds. The van der Waals surface area contributed by atoms with E-state index in [1.807, 2.05) is 13.8 Å². The number of benzene rings is 1. The minimum absolute atomic E-state index is 0.0291. The number of carbonyl (C=O) groups excluding carboxylic acids is 1. The molecule has 182 valence electrons. The molecule has 1 rings (SSSR count). The fourth-order valence-corrected chi connectivity index (χ4v) is 4.98. The van der Waals surface area contributed by atoms with Gasteiger partial charge in [-0.1, -0.05) is 57.1 Å². The Hall–Kier alpha value is -1.73. The van der Waals surface area contributed by atoms with Gasteiger partial charge in [0.1, 0.15) is 0 Å². The second-order valence-corrected chi connectivity index (χ2v) is 9.58. The molecule has 0 aliphatic carbocycles. The van der Waals surface area contributed by atoms with Crippen molar-refractivity contribution in [2.45, 2.75) is 71.6 Å². The summed E-state index contributed by atoms with van der Waals surface area (Å²) in [6.45, 7) is 4.74. The molecule has 0 fully saturated rings. The molecule has 9 heteroatoms. The molecule has 0 spiro atoms. The van der Waals surface area contributed by atoms with Crippen molar-refractivity contribution in [1.82, 2.24) is 0 Å². The zero-order valence-corrected chi connectivity index (χ0v) is 20.1. The monoisotopic (exact) mass is 472 g/mol. The molecule has 32 heavy (non-hydrogen) atoms. The van der Waals surface area contributed by atoms with E-state index >= 15 is 0 Å². The van der Waals surface area contributed by atoms with E-state index in [0.29, 0.717) is 19.4 Å². The molecule has 0 bridgehead atoms. The van der Waals surface area contributed by atoms with Crippen LogP contribution in [-0.2, 0) is 23.4 Å². The van der Waals surface area contributed by atoms with Crippen LogP contribution in [0, 0.1) is 0 Å². The number of rotatable bonds is 19. The second-order valence-electron chi connectivity index (χ2n) is 7.40. The van der Waals surface area contributed by atoms with Crippen LogP contribution >= 0.6 is 7.60 Å². The zero-order chi connectivity index (χ0) is 23.7. The fourth-order valence-electron chi connectivity index (χ4n) is 3.25. The first kappa shape index (κ1) is 28.3. The van der Waals surface area contributed by atoms with E-state index in [9.17, 15) is 14.2 Å². The minimum atomic E-state index is -2.90. The number of aromatic carboxylic acids is 1. The fraction of sp³-hybridized carbons (Fsp3) is 0.652. The Morgan fingerprint density at radius 2 is 1.31 bits per heavy atom. The molecule has 0 saturated heterocycles. The van der Waals surface area contributed by atoms with Crippen LogP contribution in [-0.4, -0.2) is 43.0 Å². The van der Waals surface area contributed by atoms with E-state index in [-0.39, 0.29) is 17.7 Å². The first-order chi connectivity index (χ1) is 15.4. The third-order valence-corrected chi connectivity index (χ3v) is 6.99. The van der Waals surface area contributed by atoms with Crippen molar-refractivity contribution >= 4 is 19.5 Å². The molecule has 8 nitrogen and oxygen atoms in total. The smallest absolute Gasteiger partial charge is 0.373 e. The lowest BCUT2D eigenvalue weighted by Crippen LogP contribution is -2.12. The van der Waals surface area contributed by atoms with Crippen LogP contribution in [0.5, 0.6) is 0 Å². The van der Waals surface area contributed by atoms with Crippen LogP contribution in [0.3, 0.4) is 0 Å². The van der Waals surface area contributed by atoms with Crippen LogP contribution in [0.2, 0.25) is 0 Å². The summed E-state index contributed by atoms with van der Waals surface area (Å²) in [6.07, 6.45) is 9.69. The third-order valence-electron chi connectivity index (χ3n) is 4.82. The highest BCUT2D eigenvalue weighted by Crippen LogP contribution is 2.48. The van der Waals surface area contributed by atoms with E-state index in [4.69, 9.17) is 23.9 Å². The predicted octanol–water partition coefficient (Wildman–Crippen LogP) is 6.25. The number of hydrogen-bond acceptors (Lipinski definition) is 7.